The summed E-state index contributed by atoms with van der Waals surface area (Å²) in [5.74, 6) is 0.964. The highest BCUT2D eigenvalue weighted by molar-refractivity contribution is 5.61. The number of anilines is 2. The average molecular weight is 436 g/mol. The SMILES string of the molecule is COc1ccc(NC2CC3CCC(C2)N3c2nc(-c3ccncc3F)cc(=O)n2C)cc1. The summed E-state index contributed by atoms with van der Waals surface area (Å²) in [7, 11) is 3.40. The fourth-order valence-electron chi connectivity index (χ4n) is 5.02. The van der Waals surface area contributed by atoms with E-state index in [0.29, 0.717) is 23.2 Å². The second-order valence-corrected chi connectivity index (χ2v) is 8.53. The van der Waals surface area contributed by atoms with Crippen molar-refractivity contribution >= 4 is 11.6 Å². The molecule has 1 N–H and O–H groups in total. The minimum atomic E-state index is -0.482. The number of halogens is 1. The van der Waals surface area contributed by atoms with Crippen LogP contribution in [0.1, 0.15) is 25.7 Å². The van der Waals surface area contributed by atoms with Crippen LogP contribution in [0.25, 0.3) is 11.3 Å². The van der Waals surface area contributed by atoms with Crippen LogP contribution >= 0.6 is 0 Å². The van der Waals surface area contributed by atoms with E-state index in [-0.39, 0.29) is 17.6 Å². The minimum Gasteiger partial charge on any atom is -0.497 e. The number of benzene rings is 1. The van der Waals surface area contributed by atoms with Crippen molar-refractivity contribution < 1.29 is 9.13 Å². The maximum atomic E-state index is 14.3. The first-order valence-electron chi connectivity index (χ1n) is 10.9. The van der Waals surface area contributed by atoms with Crippen LogP contribution in [-0.2, 0) is 7.05 Å². The van der Waals surface area contributed by atoms with Gasteiger partial charge in [0.15, 0.2) is 5.82 Å². The number of ether oxygens (including phenoxy) is 1. The van der Waals surface area contributed by atoms with Crippen LogP contribution < -0.4 is 20.5 Å². The smallest absolute Gasteiger partial charge is 0.255 e. The van der Waals surface area contributed by atoms with Crippen molar-refractivity contribution in [2.45, 2.75) is 43.8 Å². The van der Waals surface area contributed by atoms with E-state index >= 15 is 0 Å². The number of aromatic nitrogens is 3. The Kier molecular flexibility index (Phi) is 5.28. The predicted molar refractivity (Wildman–Crippen MR) is 122 cm³/mol. The zero-order chi connectivity index (χ0) is 22.2. The highest BCUT2D eigenvalue weighted by Gasteiger charge is 2.42. The normalized spacial score (nSPS) is 22.1. The Morgan fingerprint density at radius 2 is 1.84 bits per heavy atom. The molecule has 2 bridgehead atoms. The number of piperidine rings is 1. The van der Waals surface area contributed by atoms with Crippen molar-refractivity contribution in [3.05, 3.63) is 65.0 Å². The third-order valence-corrected chi connectivity index (χ3v) is 6.58. The summed E-state index contributed by atoms with van der Waals surface area (Å²) in [5, 5.41) is 3.65. The Balaban J connectivity index is 1.40. The molecule has 2 atom stereocenters. The fraction of sp³-hybridized carbons (Fsp3) is 0.375. The summed E-state index contributed by atoms with van der Waals surface area (Å²) in [5.41, 5.74) is 1.52. The number of rotatable bonds is 5. The van der Waals surface area contributed by atoms with Crippen molar-refractivity contribution in [2.75, 3.05) is 17.3 Å². The van der Waals surface area contributed by atoms with Crippen LogP contribution in [0.5, 0.6) is 5.75 Å². The van der Waals surface area contributed by atoms with Gasteiger partial charge < -0.3 is 15.0 Å². The van der Waals surface area contributed by atoms with Crippen LogP contribution in [0.4, 0.5) is 16.0 Å². The molecule has 5 rings (SSSR count). The first-order valence-corrected chi connectivity index (χ1v) is 10.9. The summed E-state index contributed by atoms with van der Waals surface area (Å²) in [6, 6.07) is 11.8. The lowest BCUT2D eigenvalue weighted by molar-refractivity contribution is 0.414. The van der Waals surface area contributed by atoms with Crippen molar-refractivity contribution in [2.24, 2.45) is 7.05 Å². The number of nitrogens with zero attached hydrogens (tertiary/aromatic N) is 4. The predicted octanol–water partition coefficient (Wildman–Crippen LogP) is 3.60. The minimum absolute atomic E-state index is 0.195. The molecule has 2 saturated heterocycles. The average Bonchev–Trinajstić information content (AvgIpc) is 3.06. The van der Waals surface area contributed by atoms with Crippen molar-refractivity contribution in [3.63, 3.8) is 0 Å². The summed E-state index contributed by atoms with van der Waals surface area (Å²) in [4.78, 5) is 23.5. The second kappa shape index (κ2) is 8.26. The molecule has 8 heteroatoms. The molecule has 0 amide bonds. The molecule has 4 heterocycles. The van der Waals surface area contributed by atoms with Gasteiger partial charge >= 0.3 is 0 Å². The summed E-state index contributed by atoms with van der Waals surface area (Å²) in [6.07, 6.45) is 6.66. The maximum Gasteiger partial charge on any atom is 0.255 e. The second-order valence-electron chi connectivity index (χ2n) is 8.53. The number of hydrogen-bond acceptors (Lipinski definition) is 6. The highest BCUT2D eigenvalue weighted by Crippen LogP contribution is 2.39. The molecule has 0 spiro atoms. The summed E-state index contributed by atoms with van der Waals surface area (Å²) < 4.78 is 21.1. The number of nitrogens with one attached hydrogen (secondary N) is 1. The molecule has 0 aliphatic carbocycles. The Hall–Kier alpha value is -3.42. The van der Waals surface area contributed by atoms with Crippen LogP contribution in [0.3, 0.4) is 0 Å². The van der Waals surface area contributed by atoms with Gasteiger partial charge in [0.1, 0.15) is 5.75 Å². The largest absolute Gasteiger partial charge is 0.497 e. The molecule has 2 aromatic heterocycles. The van der Waals surface area contributed by atoms with E-state index in [4.69, 9.17) is 9.72 Å². The molecule has 2 aliphatic rings. The zero-order valence-corrected chi connectivity index (χ0v) is 18.2. The van der Waals surface area contributed by atoms with Gasteiger partial charge in [-0.05, 0) is 56.0 Å². The van der Waals surface area contributed by atoms with Gasteiger partial charge in [-0.2, -0.15) is 0 Å². The highest BCUT2D eigenvalue weighted by atomic mass is 19.1. The van der Waals surface area contributed by atoms with Gasteiger partial charge in [0.25, 0.3) is 5.56 Å². The van der Waals surface area contributed by atoms with E-state index in [1.165, 1.54) is 12.3 Å². The van der Waals surface area contributed by atoms with E-state index in [1.807, 2.05) is 24.3 Å². The van der Waals surface area contributed by atoms with Gasteiger partial charge in [-0.25, -0.2) is 9.37 Å². The fourth-order valence-corrected chi connectivity index (χ4v) is 5.02. The Bertz CT molecular complexity index is 1170. The summed E-state index contributed by atoms with van der Waals surface area (Å²) >= 11 is 0. The maximum absolute atomic E-state index is 14.3. The number of hydrogen-bond donors (Lipinski definition) is 1. The Morgan fingerprint density at radius 3 is 2.50 bits per heavy atom. The molecular weight excluding hydrogens is 409 g/mol. The van der Waals surface area contributed by atoms with Crippen LogP contribution in [-0.4, -0.2) is 39.8 Å². The Labute approximate surface area is 185 Å². The van der Waals surface area contributed by atoms with Crippen molar-refractivity contribution in [3.8, 4) is 17.0 Å². The lowest BCUT2D eigenvalue weighted by Gasteiger charge is -2.40. The number of pyridine rings is 1. The first kappa shape index (κ1) is 20.5. The van der Waals surface area contributed by atoms with Crippen molar-refractivity contribution in [1.82, 2.24) is 14.5 Å². The first-order chi connectivity index (χ1) is 15.5. The van der Waals surface area contributed by atoms with Crippen molar-refractivity contribution in [1.29, 1.82) is 0 Å². The quantitative estimate of drug-likeness (QED) is 0.660. The van der Waals surface area contributed by atoms with E-state index in [1.54, 1.807) is 24.8 Å². The molecule has 2 fully saturated rings. The standard InChI is InChI=1S/C24H26FN5O2/c1-29-23(31)13-22(20-9-10-26-14-21(20)25)28-24(29)30-17-5-6-18(30)12-16(11-17)27-15-3-7-19(32-2)8-4-15/h3-4,7-10,13-14,16-18,27H,5-6,11-12H2,1-2H3. The van der Waals surface area contributed by atoms with Gasteiger partial charge in [-0.15, -0.1) is 0 Å². The topological polar surface area (TPSA) is 72.3 Å². The van der Waals surface area contributed by atoms with Gasteiger partial charge in [0.05, 0.1) is 19.0 Å². The summed E-state index contributed by atoms with van der Waals surface area (Å²) in [6.45, 7) is 0. The molecule has 0 radical (unpaired) electrons. The van der Waals surface area contributed by atoms with E-state index in [2.05, 4.69) is 15.2 Å². The van der Waals surface area contributed by atoms with Gasteiger partial charge in [0.2, 0.25) is 5.95 Å². The van der Waals surface area contributed by atoms with Gasteiger partial charge in [-0.1, -0.05) is 0 Å². The third kappa shape index (κ3) is 3.70. The van der Waals surface area contributed by atoms with Crippen LogP contribution in [0.2, 0.25) is 0 Å². The lowest BCUT2D eigenvalue weighted by atomic mass is 9.97. The molecule has 1 aromatic carbocycles. The van der Waals surface area contributed by atoms with Crippen LogP contribution in [0.15, 0.2) is 53.6 Å². The van der Waals surface area contributed by atoms with Gasteiger partial charge in [-0.3, -0.25) is 14.3 Å². The lowest BCUT2D eigenvalue weighted by Crippen LogP contribution is -2.49. The molecule has 0 saturated carbocycles. The zero-order valence-electron chi connectivity index (χ0n) is 18.2. The molecule has 32 heavy (non-hydrogen) atoms. The molecule has 7 nitrogen and oxygen atoms in total. The van der Waals surface area contributed by atoms with E-state index < -0.39 is 5.82 Å². The van der Waals surface area contributed by atoms with Crippen LogP contribution in [0, 0.1) is 5.82 Å². The Morgan fingerprint density at radius 1 is 1.12 bits per heavy atom. The monoisotopic (exact) mass is 435 g/mol. The molecule has 166 valence electrons. The molecule has 2 aliphatic heterocycles. The number of methoxy groups -OCH3 is 1. The number of fused-ring (bicyclic) bond motifs is 2. The molecular formula is C24H26FN5O2. The van der Waals surface area contributed by atoms with Gasteiger partial charge in [0, 0.05) is 48.7 Å². The third-order valence-electron chi connectivity index (χ3n) is 6.58. The van der Waals surface area contributed by atoms with E-state index in [9.17, 15) is 9.18 Å². The molecule has 2 unspecified atom stereocenters. The van der Waals surface area contributed by atoms with E-state index in [0.717, 1.165) is 43.3 Å². The molecule has 3 aromatic rings.